The minimum absolute atomic E-state index is 0.0451. The van der Waals surface area contributed by atoms with Gasteiger partial charge in [0.05, 0.1) is 12.1 Å². The first-order chi connectivity index (χ1) is 8.10. The Hall–Kier alpha value is -0.930. The van der Waals surface area contributed by atoms with Crippen molar-refractivity contribution in [1.29, 1.82) is 0 Å². The van der Waals surface area contributed by atoms with Crippen LogP contribution in [0.2, 0.25) is 0 Å². The van der Waals surface area contributed by atoms with Gasteiger partial charge in [-0.05, 0) is 33.4 Å². The quantitative estimate of drug-likeness (QED) is 0.823. The zero-order valence-electron chi connectivity index (χ0n) is 11.1. The predicted octanol–water partition coefficient (Wildman–Crippen LogP) is 3.21. The minimum atomic E-state index is -0.173. The summed E-state index contributed by atoms with van der Waals surface area (Å²) in [6.45, 7) is 9.33. The van der Waals surface area contributed by atoms with Crippen molar-refractivity contribution in [3.63, 3.8) is 0 Å². The highest BCUT2D eigenvalue weighted by atomic mass is 19.1. The molecule has 0 amide bonds. The third kappa shape index (κ3) is 3.79. The average molecular weight is 239 g/mol. The van der Waals surface area contributed by atoms with Crippen LogP contribution in [0.15, 0.2) is 18.2 Å². The second-order valence-electron chi connectivity index (χ2n) is 4.22. The molecule has 0 radical (unpaired) electrons. The molecule has 1 aromatic carbocycles. The Kier molecular flexibility index (Phi) is 5.59. The Labute approximate surface area is 103 Å². The van der Waals surface area contributed by atoms with Crippen LogP contribution in [0.25, 0.3) is 0 Å². The molecule has 0 saturated carbocycles. The lowest BCUT2D eigenvalue weighted by Gasteiger charge is -2.25. The Morgan fingerprint density at radius 3 is 2.65 bits per heavy atom. The first-order valence-corrected chi connectivity index (χ1v) is 6.21. The number of hydrogen-bond acceptors (Lipinski definition) is 2. The summed E-state index contributed by atoms with van der Waals surface area (Å²) < 4.78 is 19.4. The van der Waals surface area contributed by atoms with Crippen LogP contribution in [0.1, 0.15) is 37.9 Å². The Morgan fingerprint density at radius 1 is 1.35 bits per heavy atom. The van der Waals surface area contributed by atoms with Crippen LogP contribution < -0.4 is 5.32 Å². The highest BCUT2D eigenvalue weighted by Gasteiger charge is 2.21. The second-order valence-corrected chi connectivity index (χ2v) is 4.22. The first kappa shape index (κ1) is 14.1. The molecule has 17 heavy (non-hydrogen) atoms. The Bertz CT molecular complexity index is 354. The molecular weight excluding hydrogens is 217 g/mol. The Morgan fingerprint density at radius 2 is 2.06 bits per heavy atom. The Balaban J connectivity index is 2.99. The highest BCUT2D eigenvalue weighted by molar-refractivity contribution is 5.27. The van der Waals surface area contributed by atoms with Crippen LogP contribution in [-0.2, 0) is 4.74 Å². The van der Waals surface area contributed by atoms with Crippen molar-refractivity contribution >= 4 is 0 Å². The largest absolute Gasteiger partial charge is 0.377 e. The molecule has 1 N–H and O–H groups in total. The summed E-state index contributed by atoms with van der Waals surface area (Å²) in [4.78, 5) is 0. The highest BCUT2D eigenvalue weighted by Crippen LogP contribution is 2.23. The van der Waals surface area contributed by atoms with Crippen molar-refractivity contribution in [2.45, 2.75) is 39.8 Å². The van der Waals surface area contributed by atoms with Crippen molar-refractivity contribution in [3.05, 3.63) is 35.1 Å². The van der Waals surface area contributed by atoms with Gasteiger partial charge in [0.2, 0.25) is 0 Å². The topological polar surface area (TPSA) is 21.3 Å². The maximum absolute atomic E-state index is 13.8. The van der Waals surface area contributed by atoms with Crippen LogP contribution in [0.3, 0.4) is 0 Å². The summed E-state index contributed by atoms with van der Waals surface area (Å²) in [6.07, 6.45) is -0.0451. The fraction of sp³-hybridized carbons (Fsp3) is 0.571. The lowest BCUT2D eigenvalue weighted by Crippen LogP contribution is -2.32. The first-order valence-electron chi connectivity index (χ1n) is 6.21. The number of ether oxygens (including phenoxy) is 1. The molecule has 1 rings (SSSR count). The van der Waals surface area contributed by atoms with Crippen LogP contribution in [0.4, 0.5) is 4.39 Å². The van der Waals surface area contributed by atoms with E-state index in [2.05, 4.69) is 5.32 Å². The van der Waals surface area contributed by atoms with E-state index in [1.165, 1.54) is 6.07 Å². The molecular formula is C14H22FNO. The third-order valence-electron chi connectivity index (χ3n) is 2.81. The number of aryl methyl sites for hydroxylation is 1. The summed E-state index contributed by atoms with van der Waals surface area (Å²) in [5, 5.41) is 3.29. The fourth-order valence-electron chi connectivity index (χ4n) is 2.01. The number of hydrogen-bond donors (Lipinski definition) is 1. The van der Waals surface area contributed by atoms with Gasteiger partial charge in [-0.15, -0.1) is 0 Å². The van der Waals surface area contributed by atoms with Crippen molar-refractivity contribution < 1.29 is 9.13 Å². The molecule has 3 heteroatoms. The van der Waals surface area contributed by atoms with E-state index < -0.39 is 0 Å². The van der Waals surface area contributed by atoms with Gasteiger partial charge in [-0.1, -0.05) is 24.6 Å². The summed E-state index contributed by atoms with van der Waals surface area (Å²) in [5.74, 6) is -0.173. The normalized spacial score (nSPS) is 14.6. The molecule has 0 saturated heterocycles. The monoisotopic (exact) mass is 239 g/mol. The van der Waals surface area contributed by atoms with Gasteiger partial charge in [0.25, 0.3) is 0 Å². The molecule has 0 spiro atoms. The van der Waals surface area contributed by atoms with E-state index in [0.29, 0.717) is 12.2 Å². The number of nitrogens with one attached hydrogen (secondary N) is 1. The summed E-state index contributed by atoms with van der Waals surface area (Å²) in [5.41, 5.74) is 1.75. The van der Waals surface area contributed by atoms with Gasteiger partial charge in [-0.2, -0.15) is 0 Å². The smallest absolute Gasteiger partial charge is 0.128 e. The van der Waals surface area contributed by atoms with Crippen LogP contribution in [0.5, 0.6) is 0 Å². The zero-order chi connectivity index (χ0) is 12.8. The number of rotatable bonds is 6. The van der Waals surface area contributed by atoms with Crippen LogP contribution in [0, 0.1) is 12.7 Å². The fourth-order valence-corrected chi connectivity index (χ4v) is 2.01. The van der Waals surface area contributed by atoms with Gasteiger partial charge in [0.1, 0.15) is 5.82 Å². The van der Waals surface area contributed by atoms with E-state index in [1.807, 2.05) is 33.8 Å². The molecule has 96 valence electrons. The van der Waals surface area contributed by atoms with Gasteiger partial charge in [-0.3, -0.25) is 0 Å². The van der Waals surface area contributed by atoms with Gasteiger partial charge in [0, 0.05) is 12.2 Å². The number of likely N-dealkylation sites (N-methyl/N-ethyl adjacent to an activating group) is 1. The van der Waals surface area contributed by atoms with E-state index >= 15 is 0 Å². The molecule has 0 heterocycles. The van der Waals surface area contributed by atoms with Gasteiger partial charge < -0.3 is 10.1 Å². The van der Waals surface area contributed by atoms with Crippen molar-refractivity contribution in [2.24, 2.45) is 0 Å². The summed E-state index contributed by atoms with van der Waals surface area (Å²) in [6, 6.07) is 5.10. The van der Waals surface area contributed by atoms with E-state index in [4.69, 9.17) is 4.74 Å². The standard InChI is InChI=1S/C14H22FNO/c1-5-16-14(11(4)17-6-2)12-9-10(3)7-8-13(12)15/h7-9,11,14,16H,5-6H2,1-4H3. The molecule has 2 nitrogen and oxygen atoms in total. The molecule has 2 unspecified atom stereocenters. The number of benzene rings is 1. The molecule has 0 bridgehead atoms. The number of halogens is 1. The van der Waals surface area contributed by atoms with Crippen LogP contribution in [-0.4, -0.2) is 19.3 Å². The third-order valence-corrected chi connectivity index (χ3v) is 2.81. The van der Waals surface area contributed by atoms with E-state index in [9.17, 15) is 4.39 Å². The minimum Gasteiger partial charge on any atom is -0.377 e. The van der Waals surface area contributed by atoms with Crippen LogP contribution >= 0.6 is 0 Å². The molecule has 1 aromatic rings. The maximum Gasteiger partial charge on any atom is 0.128 e. The molecule has 0 fully saturated rings. The summed E-state index contributed by atoms with van der Waals surface area (Å²) in [7, 11) is 0. The van der Waals surface area contributed by atoms with Gasteiger partial charge in [0.15, 0.2) is 0 Å². The average Bonchev–Trinajstić information content (AvgIpc) is 2.30. The molecule has 0 aromatic heterocycles. The van der Waals surface area contributed by atoms with Crippen molar-refractivity contribution in [1.82, 2.24) is 5.32 Å². The SMILES string of the molecule is CCNC(c1cc(C)ccc1F)C(C)OCC. The maximum atomic E-state index is 13.8. The van der Waals surface area contributed by atoms with Crippen molar-refractivity contribution in [3.8, 4) is 0 Å². The van der Waals surface area contributed by atoms with Crippen molar-refractivity contribution in [2.75, 3.05) is 13.2 Å². The lowest BCUT2D eigenvalue weighted by molar-refractivity contribution is 0.0467. The summed E-state index contributed by atoms with van der Waals surface area (Å²) >= 11 is 0. The molecule has 0 aliphatic carbocycles. The second kappa shape index (κ2) is 6.72. The molecule has 2 atom stereocenters. The zero-order valence-corrected chi connectivity index (χ0v) is 11.1. The molecule has 0 aliphatic rings. The van der Waals surface area contributed by atoms with Gasteiger partial charge in [-0.25, -0.2) is 4.39 Å². The molecule has 0 aliphatic heterocycles. The predicted molar refractivity (Wildman–Crippen MR) is 68.6 cm³/mol. The van der Waals surface area contributed by atoms with E-state index in [1.54, 1.807) is 6.07 Å². The van der Waals surface area contributed by atoms with Gasteiger partial charge >= 0.3 is 0 Å². The van der Waals surface area contributed by atoms with E-state index in [0.717, 1.165) is 12.1 Å². The van der Waals surface area contributed by atoms with E-state index in [-0.39, 0.29) is 18.0 Å². The lowest BCUT2D eigenvalue weighted by atomic mass is 9.99.